The van der Waals surface area contributed by atoms with Crippen LogP contribution >= 0.6 is 11.6 Å². The highest BCUT2D eigenvalue weighted by atomic mass is 35.5. The smallest absolute Gasteiger partial charge is 0.291 e. The van der Waals surface area contributed by atoms with Crippen molar-refractivity contribution in [3.05, 3.63) is 84.5 Å². The van der Waals surface area contributed by atoms with Crippen molar-refractivity contribution in [3.8, 4) is 5.75 Å². The molecule has 1 aliphatic heterocycles. The van der Waals surface area contributed by atoms with E-state index in [2.05, 4.69) is 0 Å². The van der Waals surface area contributed by atoms with Crippen molar-refractivity contribution in [2.24, 2.45) is 0 Å². The summed E-state index contributed by atoms with van der Waals surface area (Å²) in [6, 6.07) is 10.6. The van der Waals surface area contributed by atoms with Crippen LogP contribution in [0.15, 0.2) is 48.2 Å². The van der Waals surface area contributed by atoms with Crippen molar-refractivity contribution < 1.29 is 14.6 Å². The van der Waals surface area contributed by atoms with E-state index in [-0.39, 0.29) is 22.0 Å². The molecule has 0 spiro atoms. The number of hydrogen-bond donors (Lipinski definition) is 0. The fourth-order valence-electron chi connectivity index (χ4n) is 2.35. The van der Waals surface area contributed by atoms with Crippen LogP contribution < -0.4 is 4.74 Å². The van der Waals surface area contributed by atoms with Gasteiger partial charge in [-0.25, -0.2) is 0 Å². The van der Waals surface area contributed by atoms with Gasteiger partial charge in [0.05, 0.1) is 9.85 Å². The van der Waals surface area contributed by atoms with E-state index in [1.807, 2.05) is 0 Å². The molecule has 2 aromatic carbocycles. The monoisotopic (exact) mass is 332 g/mol. The van der Waals surface area contributed by atoms with E-state index in [4.69, 9.17) is 16.3 Å². The number of ether oxygens (including phenoxy) is 1. The van der Waals surface area contributed by atoms with E-state index in [0.29, 0.717) is 11.3 Å². The predicted octanol–water partition coefficient (Wildman–Crippen LogP) is 4.00. The second kappa shape index (κ2) is 5.69. The molecule has 0 N–H and O–H groups in total. The molecule has 0 bridgehead atoms. The van der Waals surface area contributed by atoms with Gasteiger partial charge in [0, 0.05) is 34.4 Å². The summed E-state index contributed by atoms with van der Waals surface area (Å²) in [4.78, 5) is 21.1. The molecule has 2 aromatic rings. The van der Waals surface area contributed by atoms with E-state index in [0.717, 1.165) is 0 Å². The molecule has 0 aromatic heterocycles. The molecule has 23 heavy (non-hydrogen) atoms. The average Bonchev–Trinajstić information content (AvgIpc) is 2.53. The van der Waals surface area contributed by atoms with Gasteiger partial charge in [-0.15, -0.1) is 0 Å². The number of rotatable bonds is 3. The quantitative estimate of drug-likeness (QED) is 0.625. The van der Waals surface area contributed by atoms with Crippen LogP contribution in [0, 0.1) is 20.2 Å². The van der Waals surface area contributed by atoms with Crippen LogP contribution in [0.3, 0.4) is 0 Å². The van der Waals surface area contributed by atoms with Crippen molar-refractivity contribution in [3.63, 3.8) is 0 Å². The molecular weight excluding hydrogens is 324 g/mol. The second-order valence-corrected chi connectivity index (χ2v) is 5.23. The maximum absolute atomic E-state index is 11.4. The molecule has 0 saturated heterocycles. The highest BCUT2D eigenvalue weighted by Crippen LogP contribution is 2.40. The summed E-state index contributed by atoms with van der Waals surface area (Å²) in [5.74, 6) is 0.450. The summed E-state index contributed by atoms with van der Waals surface area (Å²) in [6.07, 6.45) is 0.269. The van der Waals surface area contributed by atoms with Gasteiger partial charge in [-0.3, -0.25) is 20.2 Å². The van der Waals surface area contributed by atoms with Crippen LogP contribution in [0.5, 0.6) is 5.75 Å². The molecule has 0 fully saturated rings. The Morgan fingerprint density at radius 3 is 2.48 bits per heavy atom. The van der Waals surface area contributed by atoms with E-state index < -0.39 is 16.0 Å². The number of nitrogens with zero attached hydrogens (tertiary/aromatic N) is 2. The Labute approximate surface area is 135 Å². The number of para-hydroxylation sites is 1. The summed E-state index contributed by atoms with van der Waals surface area (Å²) in [5.41, 5.74) is 0.302. The highest BCUT2D eigenvalue weighted by molar-refractivity contribution is 6.31. The fourth-order valence-corrected chi connectivity index (χ4v) is 2.56. The molecule has 1 aliphatic rings. The normalized spacial score (nSPS) is 16.0. The largest absolute Gasteiger partial charge is 0.474 e. The first-order valence-corrected chi connectivity index (χ1v) is 6.90. The first-order chi connectivity index (χ1) is 11.0. The van der Waals surface area contributed by atoms with Crippen molar-refractivity contribution >= 4 is 23.4 Å². The zero-order valence-electron chi connectivity index (χ0n) is 11.5. The lowest BCUT2D eigenvalue weighted by molar-refractivity contribution is -0.434. The van der Waals surface area contributed by atoms with Crippen molar-refractivity contribution in [2.75, 3.05) is 0 Å². The minimum Gasteiger partial charge on any atom is -0.474 e. The summed E-state index contributed by atoms with van der Waals surface area (Å²) in [6.45, 7) is 0. The van der Waals surface area contributed by atoms with Gasteiger partial charge in [0.25, 0.3) is 11.4 Å². The molecular formula is C15H9ClN2O5. The molecule has 0 saturated carbocycles. The molecule has 116 valence electrons. The Kier molecular flexibility index (Phi) is 3.71. The Morgan fingerprint density at radius 2 is 1.78 bits per heavy atom. The number of benzene rings is 2. The highest BCUT2D eigenvalue weighted by Gasteiger charge is 2.35. The van der Waals surface area contributed by atoms with Gasteiger partial charge in [0.1, 0.15) is 5.75 Å². The lowest BCUT2D eigenvalue weighted by atomic mass is 10.0. The number of halogens is 1. The topological polar surface area (TPSA) is 95.5 Å². The lowest BCUT2D eigenvalue weighted by Crippen LogP contribution is -2.20. The summed E-state index contributed by atoms with van der Waals surface area (Å²) >= 11 is 6.08. The van der Waals surface area contributed by atoms with Crippen LogP contribution in [0.25, 0.3) is 6.08 Å². The summed E-state index contributed by atoms with van der Waals surface area (Å²) in [7, 11) is 0. The van der Waals surface area contributed by atoms with Gasteiger partial charge in [0.15, 0.2) is 0 Å². The van der Waals surface area contributed by atoms with Gasteiger partial charge >= 0.3 is 0 Å². The molecule has 3 rings (SSSR count). The summed E-state index contributed by atoms with van der Waals surface area (Å²) in [5, 5.41) is 22.5. The average molecular weight is 333 g/mol. The Bertz CT molecular complexity index is 850. The minimum atomic E-state index is -1.12. The Hall–Kier alpha value is -2.93. The van der Waals surface area contributed by atoms with E-state index >= 15 is 0 Å². The number of nitro benzene ring substituents is 1. The maximum Gasteiger partial charge on any atom is 0.291 e. The number of non-ortho nitro benzene ring substituents is 1. The van der Waals surface area contributed by atoms with Crippen LogP contribution in [0.1, 0.15) is 17.2 Å². The molecule has 8 heteroatoms. The van der Waals surface area contributed by atoms with Gasteiger partial charge in [0.2, 0.25) is 6.10 Å². The Balaban J connectivity index is 2.14. The number of hydrogen-bond acceptors (Lipinski definition) is 5. The molecule has 7 nitrogen and oxygen atoms in total. The minimum absolute atomic E-state index is 0.160. The third kappa shape index (κ3) is 2.74. The van der Waals surface area contributed by atoms with Crippen LogP contribution in [-0.4, -0.2) is 9.85 Å². The fraction of sp³-hybridized carbons (Fsp3) is 0.0667. The van der Waals surface area contributed by atoms with E-state index in [1.165, 1.54) is 24.3 Å². The predicted molar refractivity (Wildman–Crippen MR) is 82.9 cm³/mol. The Morgan fingerprint density at radius 1 is 1.04 bits per heavy atom. The van der Waals surface area contributed by atoms with Crippen molar-refractivity contribution in [1.29, 1.82) is 0 Å². The zero-order chi connectivity index (χ0) is 16.6. The third-order valence-electron chi connectivity index (χ3n) is 3.42. The molecule has 0 amide bonds. The van der Waals surface area contributed by atoms with E-state index in [9.17, 15) is 20.2 Å². The molecule has 0 aliphatic carbocycles. The third-order valence-corrected chi connectivity index (χ3v) is 3.76. The van der Waals surface area contributed by atoms with Gasteiger partial charge in [-0.2, -0.15) is 0 Å². The SMILES string of the molecule is O=[N+]([O-])C1=Cc2ccccc2OC1c1cc([N+](=O)[O-])ccc1Cl. The zero-order valence-corrected chi connectivity index (χ0v) is 12.3. The van der Waals surface area contributed by atoms with Crippen LogP contribution in [-0.2, 0) is 0 Å². The van der Waals surface area contributed by atoms with Gasteiger partial charge < -0.3 is 4.74 Å². The second-order valence-electron chi connectivity index (χ2n) is 4.82. The van der Waals surface area contributed by atoms with Gasteiger partial charge in [-0.1, -0.05) is 29.8 Å². The first-order valence-electron chi connectivity index (χ1n) is 6.53. The summed E-state index contributed by atoms with van der Waals surface area (Å²) < 4.78 is 5.69. The maximum atomic E-state index is 11.4. The molecule has 1 unspecified atom stereocenters. The molecule has 1 heterocycles. The van der Waals surface area contributed by atoms with Gasteiger partial charge in [-0.05, 0) is 12.1 Å². The number of nitro groups is 2. The lowest BCUT2D eigenvalue weighted by Gasteiger charge is -2.23. The molecule has 1 atom stereocenters. The van der Waals surface area contributed by atoms with Crippen molar-refractivity contribution in [1.82, 2.24) is 0 Å². The standard InChI is InChI=1S/C15H9ClN2O5/c16-12-6-5-10(17(19)20)8-11(12)15-13(18(21)22)7-9-3-1-2-4-14(9)23-15/h1-8,15H. The van der Waals surface area contributed by atoms with E-state index in [1.54, 1.807) is 24.3 Å². The first kappa shape index (κ1) is 15.0. The molecule has 0 radical (unpaired) electrons. The van der Waals surface area contributed by atoms with Crippen LogP contribution in [0.2, 0.25) is 5.02 Å². The van der Waals surface area contributed by atoms with Crippen molar-refractivity contribution in [2.45, 2.75) is 6.10 Å². The number of fused-ring (bicyclic) bond motifs is 1. The van der Waals surface area contributed by atoms with Crippen LogP contribution in [0.4, 0.5) is 5.69 Å².